The summed E-state index contributed by atoms with van der Waals surface area (Å²) in [5, 5.41) is 0. The van der Waals surface area contributed by atoms with Crippen molar-refractivity contribution in [1.82, 2.24) is 9.97 Å². The predicted molar refractivity (Wildman–Crippen MR) is 126 cm³/mol. The molecule has 28 heavy (non-hydrogen) atoms. The summed E-state index contributed by atoms with van der Waals surface area (Å²) in [6, 6.07) is 15.1. The topological polar surface area (TPSA) is 25.8 Å². The maximum Gasteiger partial charge on any atom is 0.116 e. The summed E-state index contributed by atoms with van der Waals surface area (Å²) in [5.41, 5.74) is 6.72. The highest BCUT2D eigenvalue weighted by Crippen LogP contribution is 2.33. The SMILES string of the molecule is CC(C)(C)c1cc(Br)cc(-c2cc(-c3cc(Br)cc(C(C)(C)C)c3)ncn2)c1. The summed E-state index contributed by atoms with van der Waals surface area (Å²) in [6.45, 7) is 13.3. The molecule has 1 heterocycles. The van der Waals surface area contributed by atoms with E-state index in [1.165, 1.54) is 11.1 Å². The van der Waals surface area contributed by atoms with Gasteiger partial charge < -0.3 is 0 Å². The van der Waals surface area contributed by atoms with E-state index in [4.69, 9.17) is 0 Å². The van der Waals surface area contributed by atoms with Crippen molar-refractivity contribution in [2.75, 3.05) is 0 Å². The number of halogens is 2. The average Bonchev–Trinajstić information content (AvgIpc) is 2.59. The molecule has 0 aliphatic heterocycles. The average molecular weight is 502 g/mol. The highest BCUT2D eigenvalue weighted by atomic mass is 79.9. The summed E-state index contributed by atoms with van der Waals surface area (Å²) in [5.74, 6) is 0. The van der Waals surface area contributed by atoms with Gasteiger partial charge in [0.2, 0.25) is 0 Å². The largest absolute Gasteiger partial charge is 0.236 e. The molecule has 0 unspecified atom stereocenters. The molecule has 0 N–H and O–H groups in total. The minimum atomic E-state index is 0.0697. The lowest BCUT2D eigenvalue weighted by Crippen LogP contribution is -2.11. The third kappa shape index (κ3) is 4.90. The molecule has 0 atom stereocenters. The summed E-state index contributed by atoms with van der Waals surface area (Å²) < 4.78 is 2.13. The molecule has 0 aliphatic carbocycles. The second-order valence-electron chi connectivity index (χ2n) is 9.25. The van der Waals surface area contributed by atoms with Gasteiger partial charge in [0, 0.05) is 20.1 Å². The molecule has 146 valence electrons. The molecule has 2 aromatic carbocycles. The molecule has 3 rings (SSSR count). The molecular weight excluding hydrogens is 476 g/mol. The summed E-state index contributed by atoms with van der Waals surface area (Å²) in [7, 11) is 0. The molecule has 0 fully saturated rings. The van der Waals surface area contributed by atoms with Crippen LogP contribution in [0, 0.1) is 0 Å². The fourth-order valence-electron chi connectivity index (χ4n) is 3.01. The monoisotopic (exact) mass is 500 g/mol. The van der Waals surface area contributed by atoms with E-state index in [2.05, 4.69) is 126 Å². The van der Waals surface area contributed by atoms with Crippen molar-refractivity contribution >= 4 is 31.9 Å². The lowest BCUT2D eigenvalue weighted by Gasteiger charge is -2.21. The molecule has 0 spiro atoms. The number of hydrogen-bond donors (Lipinski definition) is 0. The molecule has 1 aromatic heterocycles. The zero-order valence-electron chi connectivity index (χ0n) is 17.3. The summed E-state index contributed by atoms with van der Waals surface area (Å²) in [4.78, 5) is 9.10. The quantitative estimate of drug-likeness (QED) is 0.356. The van der Waals surface area contributed by atoms with Crippen molar-refractivity contribution in [3.63, 3.8) is 0 Å². The van der Waals surface area contributed by atoms with E-state index < -0.39 is 0 Å². The van der Waals surface area contributed by atoms with Crippen LogP contribution >= 0.6 is 31.9 Å². The Hall–Kier alpha value is -1.52. The van der Waals surface area contributed by atoms with E-state index in [0.29, 0.717) is 0 Å². The van der Waals surface area contributed by atoms with Crippen molar-refractivity contribution in [2.45, 2.75) is 52.4 Å². The molecule has 0 aliphatic rings. The Balaban J connectivity index is 2.10. The van der Waals surface area contributed by atoms with E-state index in [1.807, 2.05) is 0 Å². The van der Waals surface area contributed by atoms with Crippen molar-refractivity contribution < 1.29 is 0 Å². The maximum atomic E-state index is 4.55. The number of aromatic nitrogens is 2. The molecule has 0 saturated carbocycles. The van der Waals surface area contributed by atoms with Crippen LogP contribution in [0.5, 0.6) is 0 Å². The lowest BCUT2D eigenvalue weighted by molar-refractivity contribution is 0.590. The fraction of sp³-hybridized carbons (Fsp3) is 0.333. The van der Waals surface area contributed by atoms with Crippen LogP contribution in [0.15, 0.2) is 57.7 Å². The van der Waals surface area contributed by atoms with Gasteiger partial charge in [0.25, 0.3) is 0 Å². The first kappa shape index (κ1) is 21.2. The van der Waals surface area contributed by atoms with Crippen LogP contribution < -0.4 is 0 Å². The molecule has 0 amide bonds. The van der Waals surface area contributed by atoms with Crippen LogP contribution in [0.3, 0.4) is 0 Å². The van der Waals surface area contributed by atoms with Gasteiger partial charge in [-0.1, -0.05) is 73.4 Å². The van der Waals surface area contributed by atoms with Gasteiger partial charge in [-0.3, -0.25) is 0 Å². The second kappa shape index (κ2) is 7.72. The van der Waals surface area contributed by atoms with Gasteiger partial charge in [0.15, 0.2) is 0 Å². The van der Waals surface area contributed by atoms with E-state index in [1.54, 1.807) is 6.33 Å². The Labute approximate surface area is 185 Å². The minimum Gasteiger partial charge on any atom is -0.236 e. The fourth-order valence-corrected chi connectivity index (χ4v) is 4.00. The number of hydrogen-bond acceptors (Lipinski definition) is 2. The third-order valence-electron chi connectivity index (χ3n) is 4.79. The predicted octanol–water partition coefficient (Wildman–Crippen LogP) is 7.93. The zero-order valence-corrected chi connectivity index (χ0v) is 20.4. The highest BCUT2D eigenvalue weighted by Gasteiger charge is 2.18. The van der Waals surface area contributed by atoms with E-state index >= 15 is 0 Å². The third-order valence-corrected chi connectivity index (χ3v) is 5.70. The minimum absolute atomic E-state index is 0.0697. The first-order chi connectivity index (χ1) is 12.9. The van der Waals surface area contributed by atoms with Crippen LogP contribution in [-0.4, -0.2) is 9.97 Å². The van der Waals surface area contributed by atoms with Gasteiger partial charge in [-0.05, 0) is 64.4 Å². The van der Waals surface area contributed by atoms with Crippen molar-refractivity contribution in [1.29, 1.82) is 0 Å². The first-order valence-corrected chi connectivity index (χ1v) is 11.0. The van der Waals surface area contributed by atoms with E-state index in [-0.39, 0.29) is 10.8 Å². The Morgan fingerprint density at radius 3 is 1.32 bits per heavy atom. The number of benzene rings is 2. The summed E-state index contributed by atoms with van der Waals surface area (Å²) >= 11 is 7.31. The van der Waals surface area contributed by atoms with E-state index in [0.717, 1.165) is 31.5 Å². The Morgan fingerprint density at radius 1 is 0.571 bits per heavy atom. The molecule has 3 aromatic rings. The maximum absolute atomic E-state index is 4.55. The Morgan fingerprint density at radius 2 is 0.964 bits per heavy atom. The van der Waals surface area contributed by atoms with Crippen LogP contribution in [-0.2, 0) is 10.8 Å². The van der Waals surface area contributed by atoms with Gasteiger partial charge in [-0.25, -0.2) is 9.97 Å². The van der Waals surface area contributed by atoms with Crippen LogP contribution in [0.25, 0.3) is 22.5 Å². The molecular formula is C24H26Br2N2. The van der Waals surface area contributed by atoms with Crippen molar-refractivity contribution in [3.8, 4) is 22.5 Å². The highest BCUT2D eigenvalue weighted by molar-refractivity contribution is 9.10. The molecule has 0 radical (unpaired) electrons. The molecule has 0 bridgehead atoms. The second-order valence-corrected chi connectivity index (χ2v) is 11.1. The first-order valence-electron chi connectivity index (χ1n) is 9.38. The number of nitrogens with zero attached hydrogens (tertiary/aromatic N) is 2. The molecule has 4 heteroatoms. The number of rotatable bonds is 2. The normalized spacial score (nSPS) is 12.3. The lowest BCUT2D eigenvalue weighted by atomic mass is 9.85. The van der Waals surface area contributed by atoms with E-state index in [9.17, 15) is 0 Å². The smallest absolute Gasteiger partial charge is 0.116 e. The van der Waals surface area contributed by atoms with Gasteiger partial charge >= 0.3 is 0 Å². The molecule has 0 saturated heterocycles. The zero-order chi connectivity index (χ0) is 20.7. The van der Waals surface area contributed by atoms with Gasteiger partial charge in [0.05, 0.1) is 11.4 Å². The van der Waals surface area contributed by atoms with Gasteiger partial charge in [-0.15, -0.1) is 0 Å². The van der Waals surface area contributed by atoms with Crippen LogP contribution in [0.4, 0.5) is 0 Å². The van der Waals surface area contributed by atoms with Gasteiger partial charge in [0.1, 0.15) is 6.33 Å². The van der Waals surface area contributed by atoms with Crippen LogP contribution in [0.1, 0.15) is 52.7 Å². The Bertz CT molecular complexity index is 933. The summed E-state index contributed by atoms with van der Waals surface area (Å²) in [6.07, 6.45) is 1.65. The standard InChI is InChI=1S/C24H26Br2N2/c1-23(2,3)17-7-15(9-19(25)11-17)21-13-22(28-14-27-21)16-8-18(24(4,5)6)12-20(26)10-16/h7-14H,1-6H3. The van der Waals surface area contributed by atoms with Crippen molar-refractivity contribution in [2.24, 2.45) is 0 Å². The molecule has 2 nitrogen and oxygen atoms in total. The van der Waals surface area contributed by atoms with Crippen LogP contribution in [0.2, 0.25) is 0 Å². The Kier molecular flexibility index (Phi) is 5.84. The van der Waals surface area contributed by atoms with Crippen molar-refractivity contribution in [3.05, 3.63) is 68.9 Å². The van der Waals surface area contributed by atoms with Gasteiger partial charge in [-0.2, -0.15) is 0 Å².